The van der Waals surface area contributed by atoms with Gasteiger partial charge in [-0.3, -0.25) is 4.79 Å². The SMILES string of the molecule is O=C(OCCO)c1ccc2c(c1)C(=O)c1ccc(Nc3ccc(F)cc3F)cc1OC2. The van der Waals surface area contributed by atoms with E-state index in [1.54, 1.807) is 18.2 Å². The lowest BCUT2D eigenvalue weighted by atomic mass is 9.97. The summed E-state index contributed by atoms with van der Waals surface area (Å²) in [6.07, 6.45) is 0. The molecule has 0 aromatic heterocycles. The van der Waals surface area contributed by atoms with Crippen molar-refractivity contribution in [1.82, 2.24) is 0 Å². The second-order valence-corrected chi connectivity index (χ2v) is 6.81. The molecule has 31 heavy (non-hydrogen) atoms. The molecule has 0 atom stereocenters. The fourth-order valence-electron chi connectivity index (χ4n) is 3.22. The molecule has 0 fully saturated rings. The van der Waals surface area contributed by atoms with Crippen LogP contribution in [0.3, 0.4) is 0 Å². The number of esters is 1. The minimum absolute atomic E-state index is 0.0793. The number of rotatable bonds is 5. The van der Waals surface area contributed by atoms with Gasteiger partial charge in [-0.1, -0.05) is 6.07 Å². The average molecular weight is 425 g/mol. The molecular formula is C23H17F2NO5. The number of aliphatic hydroxyl groups is 1. The molecule has 0 amide bonds. The van der Waals surface area contributed by atoms with Gasteiger partial charge in [0, 0.05) is 28.9 Å². The Balaban J connectivity index is 1.62. The van der Waals surface area contributed by atoms with Crippen LogP contribution in [0.2, 0.25) is 0 Å². The molecule has 8 heteroatoms. The molecule has 0 bridgehead atoms. The van der Waals surface area contributed by atoms with Gasteiger partial charge in [0.05, 0.1) is 23.4 Å². The third-order valence-electron chi connectivity index (χ3n) is 4.73. The van der Waals surface area contributed by atoms with E-state index in [2.05, 4.69) is 5.32 Å². The van der Waals surface area contributed by atoms with E-state index in [1.807, 2.05) is 0 Å². The van der Waals surface area contributed by atoms with Crippen molar-refractivity contribution in [1.29, 1.82) is 0 Å². The molecule has 4 rings (SSSR count). The summed E-state index contributed by atoms with van der Waals surface area (Å²) >= 11 is 0. The molecule has 158 valence electrons. The van der Waals surface area contributed by atoms with Gasteiger partial charge >= 0.3 is 5.97 Å². The van der Waals surface area contributed by atoms with E-state index in [0.29, 0.717) is 16.8 Å². The monoisotopic (exact) mass is 425 g/mol. The second-order valence-electron chi connectivity index (χ2n) is 6.81. The van der Waals surface area contributed by atoms with Crippen LogP contribution in [0.4, 0.5) is 20.2 Å². The van der Waals surface area contributed by atoms with Gasteiger partial charge in [0.2, 0.25) is 0 Å². The number of anilines is 2. The Morgan fingerprint density at radius 1 is 1.06 bits per heavy atom. The third kappa shape index (κ3) is 4.24. The predicted octanol–water partition coefficient (Wildman–Crippen LogP) is 3.98. The minimum Gasteiger partial charge on any atom is -0.488 e. The number of ketones is 1. The molecule has 2 N–H and O–H groups in total. The molecule has 6 nitrogen and oxygen atoms in total. The number of nitrogens with one attached hydrogen (secondary N) is 1. The molecule has 1 heterocycles. The molecule has 3 aromatic carbocycles. The minimum atomic E-state index is -0.750. The molecule has 1 aliphatic rings. The molecule has 0 radical (unpaired) electrons. The molecule has 0 aliphatic carbocycles. The largest absolute Gasteiger partial charge is 0.488 e. The first kappa shape index (κ1) is 20.5. The van der Waals surface area contributed by atoms with E-state index in [-0.39, 0.29) is 48.2 Å². The number of carbonyl (C=O) groups excluding carboxylic acids is 2. The Morgan fingerprint density at radius 2 is 1.90 bits per heavy atom. The summed E-state index contributed by atoms with van der Waals surface area (Å²) in [5, 5.41) is 11.6. The maximum atomic E-state index is 13.9. The van der Waals surface area contributed by atoms with Gasteiger partial charge in [0.15, 0.2) is 5.78 Å². The standard InChI is InChI=1S/C23H17F2NO5/c24-15-3-6-20(19(25)10-15)26-16-4-5-17-21(11-16)31-12-14-2-1-13(9-18(14)22(17)28)23(29)30-8-7-27/h1-6,9-11,26-27H,7-8,12H2. The van der Waals surface area contributed by atoms with Crippen molar-refractivity contribution in [2.75, 3.05) is 18.5 Å². The first-order valence-corrected chi connectivity index (χ1v) is 9.41. The van der Waals surface area contributed by atoms with Gasteiger partial charge in [0.1, 0.15) is 30.6 Å². The Morgan fingerprint density at radius 3 is 2.68 bits per heavy atom. The number of aliphatic hydroxyl groups excluding tert-OH is 1. The van der Waals surface area contributed by atoms with Gasteiger partial charge in [-0.2, -0.15) is 0 Å². The highest BCUT2D eigenvalue weighted by Crippen LogP contribution is 2.33. The van der Waals surface area contributed by atoms with Gasteiger partial charge < -0.3 is 19.9 Å². The van der Waals surface area contributed by atoms with Gasteiger partial charge in [0.25, 0.3) is 0 Å². The number of hydrogen-bond donors (Lipinski definition) is 2. The molecule has 0 unspecified atom stereocenters. The predicted molar refractivity (Wildman–Crippen MR) is 108 cm³/mol. The zero-order valence-corrected chi connectivity index (χ0v) is 16.2. The summed E-state index contributed by atoms with van der Waals surface area (Å²) in [6.45, 7) is -0.344. The zero-order valence-electron chi connectivity index (χ0n) is 16.2. The second kappa shape index (κ2) is 8.53. The highest BCUT2D eigenvalue weighted by atomic mass is 19.1. The Labute approximate surface area is 176 Å². The third-order valence-corrected chi connectivity index (χ3v) is 4.73. The highest BCUT2D eigenvalue weighted by molar-refractivity contribution is 6.13. The number of fused-ring (bicyclic) bond motifs is 2. The zero-order chi connectivity index (χ0) is 22.0. The molecule has 3 aromatic rings. The molecule has 0 saturated carbocycles. The number of hydrogen-bond acceptors (Lipinski definition) is 6. The Hall–Kier alpha value is -3.78. The van der Waals surface area contributed by atoms with Crippen LogP contribution in [0.25, 0.3) is 0 Å². The summed E-state index contributed by atoms with van der Waals surface area (Å²) in [4.78, 5) is 25.1. The smallest absolute Gasteiger partial charge is 0.338 e. The van der Waals surface area contributed by atoms with Crippen molar-refractivity contribution in [3.63, 3.8) is 0 Å². The lowest BCUT2D eigenvalue weighted by molar-refractivity contribution is 0.0433. The molecular weight excluding hydrogens is 408 g/mol. The topological polar surface area (TPSA) is 84.9 Å². The summed E-state index contributed by atoms with van der Waals surface area (Å²) in [6, 6.07) is 12.4. The number of ether oxygens (including phenoxy) is 2. The number of benzene rings is 3. The summed E-state index contributed by atoms with van der Waals surface area (Å²) < 4.78 is 37.7. The van der Waals surface area contributed by atoms with Crippen molar-refractivity contribution in [3.8, 4) is 5.75 Å². The van der Waals surface area contributed by atoms with Gasteiger partial charge in [-0.05, 0) is 36.4 Å². The van der Waals surface area contributed by atoms with Crippen molar-refractivity contribution in [2.45, 2.75) is 6.61 Å². The van der Waals surface area contributed by atoms with E-state index in [4.69, 9.17) is 14.6 Å². The van der Waals surface area contributed by atoms with Crippen LogP contribution in [0.5, 0.6) is 5.75 Å². The van der Waals surface area contributed by atoms with Crippen molar-refractivity contribution in [3.05, 3.63) is 88.5 Å². The fraction of sp³-hybridized carbons (Fsp3) is 0.130. The lowest BCUT2D eigenvalue weighted by Gasteiger charge is -2.11. The molecule has 0 spiro atoms. The van der Waals surface area contributed by atoms with E-state index in [0.717, 1.165) is 12.1 Å². The van der Waals surface area contributed by atoms with Crippen molar-refractivity contribution >= 4 is 23.1 Å². The summed E-state index contributed by atoms with van der Waals surface area (Å²) in [7, 11) is 0. The Kier molecular flexibility index (Phi) is 5.64. The van der Waals surface area contributed by atoms with Crippen molar-refractivity contribution < 1.29 is 33.0 Å². The van der Waals surface area contributed by atoms with E-state index >= 15 is 0 Å². The van der Waals surface area contributed by atoms with E-state index in [9.17, 15) is 18.4 Å². The summed E-state index contributed by atoms with van der Waals surface area (Å²) in [5.41, 5.74) is 1.91. The fourth-order valence-corrected chi connectivity index (χ4v) is 3.22. The van der Waals surface area contributed by atoms with Crippen LogP contribution in [-0.4, -0.2) is 30.1 Å². The van der Waals surface area contributed by atoms with Crippen molar-refractivity contribution in [2.24, 2.45) is 0 Å². The normalized spacial score (nSPS) is 12.3. The maximum Gasteiger partial charge on any atom is 0.338 e. The Bertz CT molecular complexity index is 1180. The molecule has 0 saturated heterocycles. The van der Waals surface area contributed by atoms with E-state index in [1.165, 1.54) is 24.3 Å². The quantitative estimate of drug-likeness (QED) is 0.602. The maximum absolute atomic E-state index is 13.9. The highest BCUT2D eigenvalue weighted by Gasteiger charge is 2.24. The lowest BCUT2D eigenvalue weighted by Crippen LogP contribution is -2.11. The molecule has 1 aliphatic heterocycles. The number of carbonyl (C=O) groups is 2. The first-order valence-electron chi connectivity index (χ1n) is 9.41. The van der Waals surface area contributed by atoms with Gasteiger partial charge in [-0.15, -0.1) is 0 Å². The van der Waals surface area contributed by atoms with Crippen LogP contribution in [-0.2, 0) is 11.3 Å². The summed E-state index contributed by atoms with van der Waals surface area (Å²) in [5.74, 6) is -2.12. The van der Waals surface area contributed by atoms with Crippen LogP contribution >= 0.6 is 0 Å². The van der Waals surface area contributed by atoms with Crippen LogP contribution in [0.15, 0.2) is 54.6 Å². The van der Waals surface area contributed by atoms with E-state index < -0.39 is 17.6 Å². The average Bonchev–Trinajstić information content (AvgIpc) is 2.90. The van der Waals surface area contributed by atoms with Gasteiger partial charge in [-0.25, -0.2) is 13.6 Å². The van der Waals surface area contributed by atoms with Crippen LogP contribution < -0.4 is 10.1 Å². The van der Waals surface area contributed by atoms with Crippen LogP contribution in [0, 0.1) is 11.6 Å². The van der Waals surface area contributed by atoms with Crippen LogP contribution in [0.1, 0.15) is 31.8 Å². The first-order chi connectivity index (χ1) is 15.0. The number of halogens is 2.